The van der Waals surface area contributed by atoms with Crippen LogP contribution in [0.4, 0.5) is 5.69 Å². The highest BCUT2D eigenvalue weighted by Gasteiger charge is 2.26. The normalized spacial score (nSPS) is 15.4. The van der Waals surface area contributed by atoms with Gasteiger partial charge in [0, 0.05) is 12.1 Å². The molecule has 3 rings (SSSR count). The van der Waals surface area contributed by atoms with Crippen LogP contribution in [0.2, 0.25) is 0 Å². The fourth-order valence-electron chi connectivity index (χ4n) is 4.98. The number of esters is 1. The van der Waals surface area contributed by atoms with Gasteiger partial charge < -0.3 is 15.4 Å². The van der Waals surface area contributed by atoms with Crippen LogP contribution in [0.15, 0.2) is 54.6 Å². The van der Waals surface area contributed by atoms with Crippen molar-refractivity contribution in [3.05, 3.63) is 65.7 Å². The molecular weight excluding hydrogens is 470 g/mol. The van der Waals surface area contributed by atoms with Crippen molar-refractivity contribution in [2.24, 2.45) is 11.8 Å². The van der Waals surface area contributed by atoms with Gasteiger partial charge in [0.05, 0.1) is 18.7 Å². The quantitative estimate of drug-likeness (QED) is 0.180. The van der Waals surface area contributed by atoms with Crippen LogP contribution < -0.4 is 16.1 Å². The Balaban J connectivity index is 1.66. The molecule has 1 saturated carbocycles. The Hall–Kier alpha value is -3.23. The maximum absolute atomic E-state index is 13.3. The second-order valence-electron chi connectivity index (χ2n) is 9.89. The molecule has 2 unspecified atom stereocenters. The number of benzene rings is 2. The van der Waals surface area contributed by atoms with Crippen molar-refractivity contribution < 1.29 is 24.3 Å². The molecule has 1 aliphatic rings. The van der Waals surface area contributed by atoms with Gasteiger partial charge in [0.15, 0.2) is 0 Å². The molecule has 0 aliphatic heterocycles. The summed E-state index contributed by atoms with van der Waals surface area (Å²) in [6.45, 7) is 0.479. The van der Waals surface area contributed by atoms with Crippen molar-refractivity contribution in [1.82, 2.24) is 10.8 Å². The van der Waals surface area contributed by atoms with Gasteiger partial charge in [0.25, 0.3) is 0 Å². The third-order valence-electron chi connectivity index (χ3n) is 7.12. The van der Waals surface area contributed by atoms with E-state index >= 15 is 0 Å². The molecule has 0 bridgehead atoms. The number of rotatable bonds is 13. The summed E-state index contributed by atoms with van der Waals surface area (Å²) in [5, 5.41) is 15.5. The average molecular weight is 510 g/mol. The Morgan fingerprint density at radius 3 is 2.35 bits per heavy atom. The Morgan fingerprint density at radius 1 is 1.00 bits per heavy atom. The minimum absolute atomic E-state index is 0.0478. The number of nitrogens with one attached hydrogen (secondary N) is 3. The summed E-state index contributed by atoms with van der Waals surface area (Å²) < 4.78 is 4.74. The van der Waals surface area contributed by atoms with Crippen LogP contribution in [0.1, 0.15) is 67.3 Å². The van der Waals surface area contributed by atoms with E-state index in [1.807, 2.05) is 18.2 Å². The van der Waals surface area contributed by atoms with Gasteiger partial charge in [0.1, 0.15) is 0 Å². The molecule has 8 nitrogen and oxygen atoms in total. The number of hydrogen-bond acceptors (Lipinski definition) is 6. The summed E-state index contributed by atoms with van der Waals surface area (Å²) >= 11 is 0. The van der Waals surface area contributed by atoms with Crippen LogP contribution in [-0.2, 0) is 20.7 Å². The number of methoxy groups -OCH3 is 1. The number of anilines is 1. The zero-order valence-electron chi connectivity index (χ0n) is 21.6. The van der Waals surface area contributed by atoms with Crippen molar-refractivity contribution in [2.75, 3.05) is 19.0 Å². The van der Waals surface area contributed by atoms with E-state index < -0.39 is 17.9 Å². The number of carbonyl (C=O) groups is 3. The molecule has 0 heterocycles. The number of aryl methyl sites for hydroxylation is 1. The van der Waals surface area contributed by atoms with Gasteiger partial charge in [-0.2, -0.15) is 0 Å². The van der Waals surface area contributed by atoms with Crippen LogP contribution in [0.5, 0.6) is 0 Å². The molecule has 2 amide bonds. The van der Waals surface area contributed by atoms with Crippen LogP contribution in [0, 0.1) is 11.8 Å². The number of carbonyl (C=O) groups excluding carboxylic acids is 3. The van der Waals surface area contributed by atoms with Crippen LogP contribution in [0.25, 0.3) is 0 Å². The van der Waals surface area contributed by atoms with Gasteiger partial charge in [-0.3, -0.25) is 14.8 Å². The van der Waals surface area contributed by atoms with Gasteiger partial charge in [0.2, 0.25) is 11.8 Å². The highest BCUT2D eigenvalue weighted by atomic mass is 16.5. The van der Waals surface area contributed by atoms with Crippen LogP contribution >= 0.6 is 0 Å². The molecule has 8 heteroatoms. The van der Waals surface area contributed by atoms with Crippen molar-refractivity contribution in [2.45, 2.75) is 63.8 Å². The Bertz CT molecular complexity index is 990. The van der Waals surface area contributed by atoms with Crippen LogP contribution in [-0.4, -0.2) is 42.7 Å². The number of ether oxygens (including phenoxy) is 1. The molecule has 2 aromatic carbocycles. The van der Waals surface area contributed by atoms with E-state index in [0.717, 1.165) is 32.1 Å². The molecule has 1 fully saturated rings. The molecule has 2 aromatic rings. The lowest BCUT2D eigenvalue weighted by molar-refractivity contribution is -0.130. The second-order valence-corrected chi connectivity index (χ2v) is 9.89. The summed E-state index contributed by atoms with van der Waals surface area (Å²) in [4.78, 5) is 37.0. The zero-order valence-corrected chi connectivity index (χ0v) is 21.6. The summed E-state index contributed by atoms with van der Waals surface area (Å²) in [6, 6.07) is 16.3. The number of amides is 2. The zero-order chi connectivity index (χ0) is 26.5. The minimum Gasteiger partial charge on any atom is -0.465 e. The van der Waals surface area contributed by atoms with E-state index in [0.29, 0.717) is 23.7 Å². The van der Waals surface area contributed by atoms with Gasteiger partial charge in [-0.1, -0.05) is 62.4 Å². The standard InChI is InChI=1S/C29H39N3O5/c1-37-29(35)24-14-16-25(17-15-24)31-28(34)26(18-22-10-6-3-7-11-22)30-20-23(19-27(33)32-36)13-12-21-8-4-2-5-9-21/h2,4-5,8-9,14-17,22-23,26,30,36H,3,6-7,10-13,18-20H2,1H3,(H,31,34)(H,32,33). The van der Waals surface area contributed by atoms with E-state index in [1.165, 1.54) is 31.9 Å². The van der Waals surface area contributed by atoms with Crippen molar-refractivity contribution in [3.8, 4) is 0 Å². The maximum Gasteiger partial charge on any atom is 0.337 e. The smallest absolute Gasteiger partial charge is 0.337 e. The molecule has 200 valence electrons. The van der Waals surface area contributed by atoms with E-state index in [1.54, 1.807) is 29.7 Å². The lowest BCUT2D eigenvalue weighted by atomic mass is 9.84. The van der Waals surface area contributed by atoms with Crippen LogP contribution in [0.3, 0.4) is 0 Å². The highest BCUT2D eigenvalue weighted by Crippen LogP contribution is 2.28. The third-order valence-corrected chi connectivity index (χ3v) is 7.12. The molecule has 4 N–H and O–H groups in total. The highest BCUT2D eigenvalue weighted by molar-refractivity contribution is 5.95. The lowest BCUT2D eigenvalue weighted by Gasteiger charge is -2.28. The Morgan fingerprint density at radius 2 is 1.70 bits per heavy atom. The first-order valence-electron chi connectivity index (χ1n) is 13.2. The molecule has 0 radical (unpaired) electrons. The third kappa shape index (κ3) is 9.63. The topological polar surface area (TPSA) is 117 Å². The molecule has 0 saturated heterocycles. The van der Waals surface area contributed by atoms with Crippen molar-refractivity contribution in [3.63, 3.8) is 0 Å². The fraction of sp³-hybridized carbons (Fsp3) is 0.483. The molecule has 0 aromatic heterocycles. The van der Waals surface area contributed by atoms with E-state index in [2.05, 4.69) is 22.8 Å². The Labute approximate surface area is 219 Å². The largest absolute Gasteiger partial charge is 0.465 e. The first kappa shape index (κ1) is 28.3. The average Bonchev–Trinajstić information content (AvgIpc) is 2.94. The van der Waals surface area contributed by atoms with Gasteiger partial charge in [-0.15, -0.1) is 0 Å². The fourth-order valence-corrected chi connectivity index (χ4v) is 4.98. The molecule has 1 aliphatic carbocycles. The summed E-state index contributed by atoms with van der Waals surface area (Å²) in [6.07, 6.45) is 8.29. The summed E-state index contributed by atoms with van der Waals surface area (Å²) in [5.74, 6) is -0.567. The minimum atomic E-state index is -0.432. The van der Waals surface area contributed by atoms with E-state index in [4.69, 9.17) is 9.94 Å². The molecule has 2 atom stereocenters. The molecular formula is C29H39N3O5. The Kier molecular flexibility index (Phi) is 11.6. The molecule has 37 heavy (non-hydrogen) atoms. The van der Waals surface area contributed by atoms with Gasteiger partial charge in [-0.25, -0.2) is 10.3 Å². The summed E-state index contributed by atoms with van der Waals surface area (Å²) in [7, 11) is 1.33. The first-order valence-corrected chi connectivity index (χ1v) is 13.2. The first-order chi connectivity index (χ1) is 18.0. The van der Waals surface area contributed by atoms with Gasteiger partial charge >= 0.3 is 5.97 Å². The SMILES string of the molecule is COC(=O)c1ccc(NC(=O)C(CC2CCCCC2)NCC(CCc2ccccc2)CC(=O)NO)cc1. The van der Waals surface area contributed by atoms with E-state index in [9.17, 15) is 14.4 Å². The van der Waals surface area contributed by atoms with Crippen molar-refractivity contribution in [1.29, 1.82) is 0 Å². The monoisotopic (exact) mass is 509 g/mol. The maximum atomic E-state index is 13.3. The number of hydroxylamine groups is 1. The predicted molar refractivity (Wildman–Crippen MR) is 142 cm³/mol. The van der Waals surface area contributed by atoms with E-state index in [-0.39, 0.29) is 18.2 Å². The van der Waals surface area contributed by atoms with Gasteiger partial charge in [-0.05, 0) is 67.5 Å². The number of hydrogen-bond donors (Lipinski definition) is 4. The summed E-state index contributed by atoms with van der Waals surface area (Å²) in [5.41, 5.74) is 3.95. The second kappa shape index (κ2) is 15.1. The van der Waals surface area contributed by atoms with Crippen molar-refractivity contribution >= 4 is 23.5 Å². The lowest BCUT2D eigenvalue weighted by Crippen LogP contribution is -2.44. The molecule has 0 spiro atoms. The predicted octanol–water partition coefficient (Wildman–Crippen LogP) is 4.48.